The Morgan fingerprint density at radius 2 is 1.79 bits per heavy atom. The van der Waals surface area contributed by atoms with E-state index in [0.29, 0.717) is 16.1 Å². The van der Waals surface area contributed by atoms with E-state index in [2.05, 4.69) is 4.72 Å². The Hall–Kier alpha value is -2.69. The number of nitrogens with one attached hydrogen (secondary N) is 1. The summed E-state index contributed by atoms with van der Waals surface area (Å²) < 4.78 is 28.4. The molecular weight excluding hydrogens is 344 g/mol. The van der Waals surface area contributed by atoms with Crippen molar-refractivity contribution in [3.8, 4) is 6.07 Å². The Balaban J connectivity index is 2.06. The summed E-state index contributed by atoms with van der Waals surface area (Å²) in [5, 5.41) is 9.82. The maximum atomic E-state index is 12.6. The van der Waals surface area contributed by atoms with Gasteiger partial charge in [0.1, 0.15) is 5.00 Å². The van der Waals surface area contributed by atoms with Gasteiger partial charge in [0, 0.05) is 10.1 Å². The van der Waals surface area contributed by atoms with Gasteiger partial charge in [-0.3, -0.25) is 9.52 Å². The molecule has 0 bridgehead atoms. The van der Waals surface area contributed by atoms with E-state index in [1.807, 2.05) is 18.2 Å². The van der Waals surface area contributed by atoms with Crippen LogP contribution in [-0.4, -0.2) is 14.2 Å². The number of nitrogens with zero attached hydrogens (tertiary/aromatic N) is 1. The number of ketones is 1. The number of anilines is 1. The van der Waals surface area contributed by atoms with Gasteiger partial charge < -0.3 is 0 Å². The highest BCUT2D eigenvalue weighted by Crippen LogP contribution is 2.37. The minimum absolute atomic E-state index is 0.0356. The number of rotatable bonds is 4. The summed E-state index contributed by atoms with van der Waals surface area (Å²) in [5.74, 6) is -0.204. The van der Waals surface area contributed by atoms with Crippen LogP contribution in [0, 0.1) is 11.3 Å². The average molecular weight is 356 g/mol. The van der Waals surface area contributed by atoms with Gasteiger partial charge in [-0.25, -0.2) is 8.42 Å². The second-order valence-electron chi connectivity index (χ2n) is 5.10. The number of hydrogen-bond donors (Lipinski definition) is 1. The predicted octanol–water partition coefficient (Wildman–Crippen LogP) is 3.78. The van der Waals surface area contributed by atoms with Crippen LogP contribution < -0.4 is 4.72 Å². The summed E-state index contributed by atoms with van der Waals surface area (Å²) in [5.41, 5.74) is 0.744. The fraction of sp³-hybridized carbons (Fsp3) is 0.0588. The third kappa shape index (κ3) is 2.89. The van der Waals surface area contributed by atoms with Crippen molar-refractivity contribution in [1.82, 2.24) is 0 Å². The number of carbonyl (C=O) groups is 1. The van der Waals surface area contributed by atoms with Gasteiger partial charge in [0.25, 0.3) is 10.0 Å². The molecule has 0 unspecified atom stereocenters. The third-order valence-corrected chi connectivity index (χ3v) is 6.05. The first-order valence-corrected chi connectivity index (χ1v) is 9.28. The van der Waals surface area contributed by atoms with Crippen molar-refractivity contribution in [2.45, 2.75) is 11.8 Å². The molecule has 0 aliphatic rings. The van der Waals surface area contributed by atoms with Crippen LogP contribution in [0.1, 0.15) is 22.8 Å². The first kappa shape index (κ1) is 16.2. The van der Waals surface area contributed by atoms with E-state index in [-0.39, 0.29) is 10.7 Å². The zero-order valence-corrected chi connectivity index (χ0v) is 14.2. The maximum Gasteiger partial charge on any atom is 0.262 e. The van der Waals surface area contributed by atoms with Gasteiger partial charge in [-0.15, -0.1) is 11.3 Å². The van der Waals surface area contributed by atoms with Gasteiger partial charge in [0.2, 0.25) is 0 Å². The molecule has 0 spiro atoms. The summed E-state index contributed by atoms with van der Waals surface area (Å²) in [7, 11) is -3.84. The van der Waals surface area contributed by atoms with Crippen LogP contribution in [0.5, 0.6) is 0 Å². The summed E-state index contributed by atoms with van der Waals surface area (Å²) in [6.45, 7) is 1.41. The predicted molar refractivity (Wildman–Crippen MR) is 93.8 cm³/mol. The lowest BCUT2D eigenvalue weighted by atomic mass is 10.1. The van der Waals surface area contributed by atoms with Crippen molar-refractivity contribution < 1.29 is 13.2 Å². The molecule has 1 heterocycles. The van der Waals surface area contributed by atoms with Crippen LogP contribution in [0.4, 0.5) is 5.00 Å². The van der Waals surface area contributed by atoms with Crippen LogP contribution in [0.25, 0.3) is 10.1 Å². The molecule has 1 N–H and O–H groups in total. The number of hydrogen-bond acceptors (Lipinski definition) is 5. The molecule has 1 aromatic heterocycles. The summed E-state index contributed by atoms with van der Waals surface area (Å²) >= 11 is 1.22. The van der Waals surface area contributed by atoms with Gasteiger partial charge in [-0.05, 0) is 37.3 Å². The minimum Gasteiger partial charge on any atom is -0.294 e. The molecule has 0 atom stereocenters. The SMILES string of the molecule is CC(=O)c1c(NS(=O)(=O)c2ccc(C#N)cc2)sc2ccccc12. The summed E-state index contributed by atoms with van der Waals surface area (Å²) in [6, 6.07) is 14.8. The quantitative estimate of drug-likeness (QED) is 0.721. The van der Waals surface area contributed by atoms with E-state index >= 15 is 0 Å². The molecule has 5 nitrogen and oxygen atoms in total. The van der Waals surface area contributed by atoms with Crippen LogP contribution in [0.3, 0.4) is 0 Å². The third-order valence-electron chi connectivity index (χ3n) is 3.47. The lowest BCUT2D eigenvalue weighted by Gasteiger charge is -2.07. The molecule has 0 saturated heterocycles. The van der Waals surface area contributed by atoms with Gasteiger partial charge in [-0.2, -0.15) is 5.26 Å². The number of sulfonamides is 1. The highest BCUT2D eigenvalue weighted by atomic mass is 32.2. The van der Waals surface area contributed by atoms with Crippen molar-refractivity contribution in [2.75, 3.05) is 4.72 Å². The molecule has 3 rings (SSSR count). The van der Waals surface area contributed by atoms with Crippen LogP contribution >= 0.6 is 11.3 Å². The second kappa shape index (κ2) is 6.07. The lowest BCUT2D eigenvalue weighted by Crippen LogP contribution is -2.13. The Morgan fingerprint density at radius 3 is 2.42 bits per heavy atom. The Labute approximate surface area is 143 Å². The van der Waals surface area contributed by atoms with Gasteiger partial charge in [0.05, 0.1) is 22.1 Å². The smallest absolute Gasteiger partial charge is 0.262 e. The van der Waals surface area contributed by atoms with Crippen molar-refractivity contribution in [1.29, 1.82) is 5.26 Å². The molecule has 0 aliphatic heterocycles. The first-order chi connectivity index (χ1) is 11.4. The summed E-state index contributed by atoms with van der Waals surface area (Å²) in [4.78, 5) is 12.0. The normalized spacial score (nSPS) is 11.2. The summed E-state index contributed by atoms with van der Waals surface area (Å²) in [6.07, 6.45) is 0. The number of nitriles is 1. The number of Topliss-reactive ketones (excluding diaryl/α,β-unsaturated/α-hetero) is 1. The Bertz CT molecular complexity index is 1080. The molecule has 0 amide bonds. The molecule has 2 aromatic carbocycles. The van der Waals surface area contributed by atoms with Crippen molar-refractivity contribution in [2.24, 2.45) is 0 Å². The van der Waals surface area contributed by atoms with E-state index < -0.39 is 10.0 Å². The van der Waals surface area contributed by atoms with Gasteiger partial charge in [0.15, 0.2) is 5.78 Å². The van der Waals surface area contributed by atoms with Gasteiger partial charge in [-0.1, -0.05) is 18.2 Å². The van der Waals surface area contributed by atoms with E-state index in [4.69, 9.17) is 5.26 Å². The fourth-order valence-corrected chi connectivity index (χ4v) is 4.81. The van der Waals surface area contributed by atoms with Crippen LogP contribution in [-0.2, 0) is 10.0 Å². The Morgan fingerprint density at radius 1 is 1.12 bits per heavy atom. The monoisotopic (exact) mass is 356 g/mol. The van der Waals surface area contributed by atoms with Crippen molar-refractivity contribution >= 4 is 42.2 Å². The number of thiophene rings is 1. The first-order valence-electron chi connectivity index (χ1n) is 6.98. The van der Waals surface area contributed by atoms with Crippen LogP contribution in [0.15, 0.2) is 53.4 Å². The van der Waals surface area contributed by atoms with Gasteiger partial charge >= 0.3 is 0 Å². The molecule has 0 fully saturated rings. The average Bonchev–Trinajstić information content (AvgIpc) is 2.92. The molecule has 0 saturated carbocycles. The maximum absolute atomic E-state index is 12.6. The zero-order chi connectivity index (χ0) is 17.3. The molecular formula is C17H12N2O3S2. The lowest BCUT2D eigenvalue weighted by molar-refractivity contribution is 0.102. The molecule has 7 heteroatoms. The van der Waals surface area contributed by atoms with E-state index in [1.54, 1.807) is 12.1 Å². The minimum atomic E-state index is -3.84. The van der Waals surface area contributed by atoms with E-state index in [9.17, 15) is 13.2 Å². The number of benzene rings is 2. The standard InChI is InChI=1S/C17H12N2O3S2/c1-11(20)16-14-4-2-3-5-15(14)23-17(16)19-24(21,22)13-8-6-12(10-18)7-9-13/h2-9,19H,1H3. The molecule has 0 aliphatic carbocycles. The van der Waals surface area contributed by atoms with Crippen LogP contribution in [0.2, 0.25) is 0 Å². The van der Waals surface area contributed by atoms with E-state index in [1.165, 1.54) is 42.5 Å². The fourth-order valence-electron chi connectivity index (χ4n) is 2.36. The topological polar surface area (TPSA) is 87.0 Å². The molecule has 3 aromatic rings. The molecule has 24 heavy (non-hydrogen) atoms. The largest absolute Gasteiger partial charge is 0.294 e. The zero-order valence-electron chi connectivity index (χ0n) is 12.6. The highest BCUT2D eigenvalue weighted by molar-refractivity contribution is 7.93. The number of carbonyl (C=O) groups excluding carboxylic acids is 1. The highest BCUT2D eigenvalue weighted by Gasteiger charge is 2.21. The number of fused-ring (bicyclic) bond motifs is 1. The Kier molecular flexibility index (Phi) is 4.09. The molecule has 0 radical (unpaired) electrons. The van der Waals surface area contributed by atoms with Crippen molar-refractivity contribution in [3.63, 3.8) is 0 Å². The molecule has 120 valence electrons. The van der Waals surface area contributed by atoms with Crippen molar-refractivity contribution in [3.05, 3.63) is 59.7 Å². The van der Waals surface area contributed by atoms with E-state index in [0.717, 1.165) is 10.1 Å². The second-order valence-corrected chi connectivity index (χ2v) is 7.83.